The van der Waals surface area contributed by atoms with Crippen LogP contribution in [0.15, 0.2) is 24.3 Å². The standard InChI is InChI=1S/C16H23FN2O2/c1-16(2,3)21-15(20)19-9-8-12(10-19)14(17)11-4-6-13(18)7-5-11/h4-7,12,14H,8-10,18H2,1-3H3. The van der Waals surface area contributed by atoms with Crippen molar-refractivity contribution in [1.29, 1.82) is 0 Å². The van der Waals surface area contributed by atoms with Gasteiger partial charge in [-0.05, 0) is 44.9 Å². The largest absolute Gasteiger partial charge is 0.444 e. The lowest BCUT2D eigenvalue weighted by Gasteiger charge is -2.24. The van der Waals surface area contributed by atoms with E-state index in [0.29, 0.717) is 30.8 Å². The number of nitrogen functional groups attached to an aromatic ring is 1. The average Bonchev–Trinajstić information content (AvgIpc) is 2.86. The summed E-state index contributed by atoms with van der Waals surface area (Å²) < 4.78 is 19.8. The molecule has 0 radical (unpaired) electrons. The Morgan fingerprint density at radius 3 is 2.57 bits per heavy atom. The highest BCUT2D eigenvalue weighted by molar-refractivity contribution is 5.68. The second-order valence-corrected chi connectivity index (χ2v) is 6.54. The number of nitrogens with zero attached hydrogens (tertiary/aromatic N) is 1. The average molecular weight is 294 g/mol. The van der Waals surface area contributed by atoms with E-state index in [2.05, 4.69) is 0 Å². The number of likely N-dealkylation sites (tertiary alicyclic amines) is 1. The summed E-state index contributed by atoms with van der Waals surface area (Å²) >= 11 is 0. The summed E-state index contributed by atoms with van der Waals surface area (Å²) in [6.07, 6.45) is -0.808. The van der Waals surface area contributed by atoms with Crippen molar-refractivity contribution in [3.05, 3.63) is 29.8 Å². The molecule has 0 aliphatic carbocycles. The van der Waals surface area contributed by atoms with Crippen molar-refractivity contribution in [3.63, 3.8) is 0 Å². The van der Waals surface area contributed by atoms with Gasteiger partial charge >= 0.3 is 6.09 Å². The highest BCUT2D eigenvalue weighted by atomic mass is 19.1. The van der Waals surface area contributed by atoms with E-state index in [1.54, 1.807) is 29.2 Å². The fraction of sp³-hybridized carbons (Fsp3) is 0.562. The van der Waals surface area contributed by atoms with Gasteiger partial charge in [0.2, 0.25) is 0 Å². The number of carbonyl (C=O) groups is 1. The zero-order valence-electron chi connectivity index (χ0n) is 12.8. The Labute approximate surface area is 125 Å². The topological polar surface area (TPSA) is 55.6 Å². The van der Waals surface area contributed by atoms with E-state index in [9.17, 15) is 9.18 Å². The van der Waals surface area contributed by atoms with Crippen molar-refractivity contribution in [2.75, 3.05) is 18.8 Å². The molecule has 21 heavy (non-hydrogen) atoms. The number of hydrogen-bond donors (Lipinski definition) is 1. The number of anilines is 1. The molecule has 1 heterocycles. The van der Waals surface area contributed by atoms with Gasteiger partial charge in [0.15, 0.2) is 0 Å². The number of halogens is 1. The number of nitrogens with two attached hydrogens (primary N) is 1. The van der Waals surface area contributed by atoms with E-state index < -0.39 is 11.8 Å². The van der Waals surface area contributed by atoms with Crippen LogP contribution in [0.5, 0.6) is 0 Å². The number of hydrogen-bond acceptors (Lipinski definition) is 3. The third-order valence-corrected chi connectivity index (χ3v) is 3.55. The van der Waals surface area contributed by atoms with Gasteiger partial charge in [-0.1, -0.05) is 12.1 Å². The van der Waals surface area contributed by atoms with Crippen molar-refractivity contribution >= 4 is 11.8 Å². The van der Waals surface area contributed by atoms with Gasteiger partial charge < -0.3 is 15.4 Å². The molecule has 1 aromatic rings. The molecule has 2 N–H and O–H groups in total. The molecule has 2 atom stereocenters. The SMILES string of the molecule is CC(C)(C)OC(=O)N1CCC(C(F)c2ccc(N)cc2)C1. The number of ether oxygens (including phenoxy) is 1. The van der Waals surface area contributed by atoms with Gasteiger partial charge in [0.05, 0.1) is 0 Å². The summed E-state index contributed by atoms with van der Waals surface area (Å²) in [6, 6.07) is 6.80. The summed E-state index contributed by atoms with van der Waals surface area (Å²) in [5.41, 5.74) is 6.31. The van der Waals surface area contributed by atoms with Crippen LogP contribution in [0.4, 0.5) is 14.9 Å². The number of rotatable bonds is 2. The van der Waals surface area contributed by atoms with Crippen molar-refractivity contribution in [1.82, 2.24) is 4.90 Å². The minimum atomic E-state index is -1.09. The molecule has 0 bridgehead atoms. The van der Waals surface area contributed by atoms with E-state index in [1.807, 2.05) is 20.8 Å². The summed E-state index contributed by atoms with van der Waals surface area (Å²) in [5.74, 6) is -0.193. The first-order valence-corrected chi connectivity index (χ1v) is 7.24. The van der Waals surface area contributed by atoms with E-state index in [0.717, 1.165) is 0 Å². The van der Waals surface area contributed by atoms with Crippen LogP contribution in [-0.4, -0.2) is 29.7 Å². The first kappa shape index (κ1) is 15.6. The first-order chi connectivity index (χ1) is 9.76. The molecule has 0 aromatic heterocycles. The van der Waals surface area contributed by atoms with Crippen LogP contribution in [0.1, 0.15) is 38.9 Å². The van der Waals surface area contributed by atoms with E-state index in [4.69, 9.17) is 10.5 Å². The second kappa shape index (κ2) is 5.92. The van der Waals surface area contributed by atoms with E-state index in [-0.39, 0.29) is 12.0 Å². The Morgan fingerprint density at radius 1 is 1.38 bits per heavy atom. The lowest BCUT2D eigenvalue weighted by molar-refractivity contribution is 0.0281. The number of amides is 1. The van der Waals surface area contributed by atoms with E-state index >= 15 is 0 Å². The van der Waals surface area contributed by atoms with Gasteiger partial charge in [0.25, 0.3) is 0 Å². The lowest BCUT2D eigenvalue weighted by atomic mass is 9.96. The van der Waals surface area contributed by atoms with Crippen LogP contribution in [0.2, 0.25) is 0 Å². The Balaban J connectivity index is 1.95. The fourth-order valence-corrected chi connectivity index (χ4v) is 2.47. The molecule has 1 fully saturated rings. The molecule has 2 rings (SSSR count). The monoisotopic (exact) mass is 294 g/mol. The minimum Gasteiger partial charge on any atom is -0.444 e. The van der Waals surface area contributed by atoms with E-state index in [1.165, 1.54) is 0 Å². The maximum atomic E-state index is 14.5. The van der Waals surface area contributed by atoms with Gasteiger partial charge in [-0.15, -0.1) is 0 Å². The number of benzene rings is 1. The van der Waals surface area contributed by atoms with Crippen LogP contribution < -0.4 is 5.73 Å². The van der Waals surface area contributed by atoms with Crippen LogP contribution >= 0.6 is 0 Å². The smallest absolute Gasteiger partial charge is 0.410 e. The molecule has 1 aliphatic heterocycles. The molecule has 4 nitrogen and oxygen atoms in total. The molecule has 1 amide bonds. The molecule has 1 aliphatic rings. The molecule has 0 saturated carbocycles. The summed E-state index contributed by atoms with van der Waals surface area (Å²) in [4.78, 5) is 13.6. The normalized spacial score (nSPS) is 20.4. The van der Waals surface area contributed by atoms with Crippen molar-refractivity contribution < 1.29 is 13.9 Å². The predicted octanol–water partition coefficient (Wildman–Crippen LogP) is 3.54. The summed E-state index contributed by atoms with van der Waals surface area (Å²) in [6.45, 7) is 6.40. The highest BCUT2D eigenvalue weighted by Crippen LogP contribution is 2.34. The van der Waals surface area contributed by atoms with Gasteiger partial charge in [-0.3, -0.25) is 0 Å². The van der Waals surface area contributed by atoms with Crippen LogP contribution in [0.3, 0.4) is 0 Å². The first-order valence-electron chi connectivity index (χ1n) is 7.24. The molecular formula is C16H23FN2O2. The van der Waals surface area contributed by atoms with Gasteiger partial charge in [-0.25, -0.2) is 9.18 Å². The highest BCUT2D eigenvalue weighted by Gasteiger charge is 2.34. The summed E-state index contributed by atoms with van der Waals surface area (Å²) in [5, 5.41) is 0. The third kappa shape index (κ3) is 4.09. The number of carbonyl (C=O) groups excluding carboxylic acids is 1. The van der Waals surface area contributed by atoms with Gasteiger partial charge in [0, 0.05) is 24.7 Å². The summed E-state index contributed by atoms with van der Waals surface area (Å²) in [7, 11) is 0. The molecule has 1 aromatic carbocycles. The lowest BCUT2D eigenvalue weighted by Crippen LogP contribution is -2.35. The molecule has 5 heteroatoms. The molecule has 1 saturated heterocycles. The Bertz CT molecular complexity index is 496. The zero-order chi connectivity index (χ0) is 15.6. The van der Waals surface area contributed by atoms with Gasteiger partial charge in [0.1, 0.15) is 11.8 Å². The Hall–Kier alpha value is -1.78. The second-order valence-electron chi connectivity index (χ2n) is 6.54. The minimum absolute atomic E-state index is 0.193. The van der Waals surface area contributed by atoms with Crippen molar-refractivity contribution in [2.45, 2.75) is 39.0 Å². The predicted molar refractivity (Wildman–Crippen MR) is 80.6 cm³/mol. The maximum Gasteiger partial charge on any atom is 0.410 e. The fourth-order valence-electron chi connectivity index (χ4n) is 2.47. The molecule has 116 valence electrons. The number of alkyl halides is 1. The quantitative estimate of drug-likeness (QED) is 0.849. The Kier molecular flexibility index (Phi) is 4.40. The molecular weight excluding hydrogens is 271 g/mol. The zero-order valence-corrected chi connectivity index (χ0v) is 12.8. The van der Waals surface area contributed by atoms with Crippen LogP contribution in [0, 0.1) is 5.92 Å². The van der Waals surface area contributed by atoms with Crippen LogP contribution in [0.25, 0.3) is 0 Å². The Morgan fingerprint density at radius 2 is 2.00 bits per heavy atom. The van der Waals surface area contributed by atoms with Crippen molar-refractivity contribution in [2.24, 2.45) is 5.92 Å². The van der Waals surface area contributed by atoms with Gasteiger partial charge in [-0.2, -0.15) is 0 Å². The third-order valence-electron chi connectivity index (χ3n) is 3.55. The maximum absolute atomic E-state index is 14.5. The van der Waals surface area contributed by atoms with Crippen molar-refractivity contribution in [3.8, 4) is 0 Å². The van der Waals surface area contributed by atoms with Crippen LogP contribution in [-0.2, 0) is 4.74 Å². The molecule has 2 unspecified atom stereocenters. The molecule has 0 spiro atoms.